The van der Waals surface area contributed by atoms with Gasteiger partial charge in [0.25, 0.3) is 0 Å². The third-order valence-electron chi connectivity index (χ3n) is 7.59. The van der Waals surface area contributed by atoms with E-state index in [1.54, 1.807) is 65.0 Å². The van der Waals surface area contributed by atoms with Crippen LogP contribution in [-0.4, -0.2) is 33.4 Å². The number of ether oxygens (including phenoxy) is 4. The van der Waals surface area contributed by atoms with Crippen molar-refractivity contribution in [1.82, 2.24) is 4.98 Å². The SMILES string of the molecule is COc1cc(OC)c2ncc(-c3cc(OC)c(OC)c(-c4cc(-c5ccc(F)cc5)cc(-c5ccc(F)cc5)c4)c3)cc2c1. The van der Waals surface area contributed by atoms with Crippen LogP contribution < -0.4 is 18.9 Å². The number of halogens is 2. The molecule has 5 aromatic carbocycles. The lowest BCUT2D eigenvalue weighted by Gasteiger charge is -2.18. The minimum Gasteiger partial charge on any atom is -0.497 e. The van der Waals surface area contributed by atoms with Gasteiger partial charge in [-0.15, -0.1) is 0 Å². The highest BCUT2D eigenvalue weighted by Crippen LogP contribution is 2.44. The van der Waals surface area contributed by atoms with Crippen molar-refractivity contribution < 1.29 is 27.7 Å². The molecule has 44 heavy (non-hydrogen) atoms. The quantitative estimate of drug-likeness (QED) is 0.177. The monoisotopic (exact) mass is 589 g/mol. The summed E-state index contributed by atoms with van der Waals surface area (Å²) in [6, 6.07) is 28.4. The van der Waals surface area contributed by atoms with Crippen molar-refractivity contribution in [3.63, 3.8) is 0 Å². The number of aromatic nitrogens is 1. The first-order valence-electron chi connectivity index (χ1n) is 13.9. The predicted octanol–water partition coefficient (Wildman–Crippen LogP) is 9.22. The van der Waals surface area contributed by atoms with Crippen LogP contribution in [0.2, 0.25) is 0 Å². The van der Waals surface area contributed by atoms with Crippen molar-refractivity contribution in [3.05, 3.63) is 115 Å². The Morgan fingerprint density at radius 3 is 1.59 bits per heavy atom. The molecular weight excluding hydrogens is 560 g/mol. The van der Waals surface area contributed by atoms with Gasteiger partial charge in [0.05, 0.1) is 28.4 Å². The number of rotatable bonds is 8. The highest BCUT2D eigenvalue weighted by Gasteiger charge is 2.18. The van der Waals surface area contributed by atoms with Crippen LogP contribution in [0.15, 0.2) is 103 Å². The van der Waals surface area contributed by atoms with E-state index in [0.717, 1.165) is 49.9 Å². The summed E-state index contributed by atoms with van der Waals surface area (Å²) in [5.41, 5.74) is 7.42. The summed E-state index contributed by atoms with van der Waals surface area (Å²) in [5.74, 6) is 1.73. The Morgan fingerprint density at radius 2 is 1.05 bits per heavy atom. The highest BCUT2D eigenvalue weighted by molar-refractivity contribution is 5.91. The zero-order valence-electron chi connectivity index (χ0n) is 24.7. The lowest BCUT2D eigenvalue weighted by atomic mass is 9.91. The zero-order valence-corrected chi connectivity index (χ0v) is 24.7. The van der Waals surface area contributed by atoms with E-state index < -0.39 is 0 Å². The van der Waals surface area contributed by atoms with Gasteiger partial charge in [-0.1, -0.05) is 24.3 Å². The van der Waals surface area contributed by atoms with E-state index in [9.17, 15) is 8.78 Å². The summed E-state index contributed by atoms with van der Waals surface area (Å²) < 4.78 is 50.4. The van der Waals surface area contributed by atoms with Crippen LogP contribution in [0, 0.1) is 11.6 Å². The standard InChI is InChI=1S/C37H29F2NO4/c1-41-32-17-28-16-29(21-40-36(28)34(20-32)42-2)26-18-33(37(44-4)35(19-26)43-3)27-14-24(22-5-9-30(38)10-6-22)13-25(15-27)23-7-11-31(39)12-8-23/h5-21H,1-4H3. The number of benzene rings is 5. The number of nitrogens with zero attached hydrogens (tertiary/aromatic N) is 1. The minimum atomic E-state index is -0.318. The van der Waals surface area contributed by atoms with Crippen molar-refractivity contribution in [2.75, 3.05) is 28.4 Å². The summed E-state index contributed by atoms with van der Waals surface area (Å²) in [6.07, 6.45) is 1.79. The van der Waals surface area contributed by atoms with Gasteiger partial charge in [0, 0.05) is 28.8 Å². The summed E-state index contributed by atoms with van der Waals surface area (Å²) in [5, 5.41) is 0.854. The molecule has 0 radical (unpaired) electrons. The zero-order chi connectivity index (χ0) is 30.8. The molecule has 0 aliphatic rings. The van der Waals surface area contributed by atoms with E-state index in [0.29, 0.717) is 28.5 Å². The van der Waals surface area contributed by atoms with Gasteiger partial charge in [-0.3, -0.25) is 4.98 Å². The van der Waals surface area contributed by atoms with E-state index in [2.05, 4.69) is 0 Å². The first kappa shape index (κ1) is 28.7. The molecule has 7 heteroatoms. The molecule has 5 nitrogen and oxygen atoms in total. The first-order valence-corrected chi connectivity index (χ1v) is 13.9. The van der Waals surface area contributed by atoms with Gasteiger partial charge < -0.3 is 18.9 Å². The maximum Gasteiger partial charge on any atom is 0.168 e. The van der Waals surface area contributed by atoms with Crippen LogP contribution in [-0.2, 0) is 0 Å². The Morgan fingerprint density at radius 1 is 0.477 bits per heavy atom. The molecule has 0 aliphatic heterocycles. The minimum absolute atomic E-state index is 0.318. The summed E-state index contributed by atoms with van der Waals surface area (Å²) in [7, 11) is 6.41. The molecule has 0 saturated carbocycles. The Kier molecular flexibility index (Phi) is 7.85. The molecule has 220 valence electrons. The number of hydrogen-bond acceptors (Lipinski definition) is 5. The fourth-order valence-corrected chi connectivity index (χ4v) is 5.37. The molecular formula is C37H29F2NO4. The van der Waals surface area contributed by atoms with Gasteiger partial charge in [-0.25, -0.2) is 8.78 Å². The summed E-state index contributed by atoms with van der Waals surface area (Å²) >= 11 is 0. The van der Waals surface area contributed by atoms with E-state index in [4.69, 9.17) is 23.9 Å². The van der Waals surface area contributed by atoms with Crippen LogP contribution in [0.25, 0.3) is 55.4 Å². The van der Waals surface area contributed by atoms with Crippen molar-refractivity contribution in [2.24, 2.45) is 0 Å². The van der Waals surface area contributed by atoms with Crippen molar-refractivity contribution in [2.45, 2.75) is 0 Å². The lowest BCUT2D eigenvalue weighted by Crippen LogP contribution is -1.96. The van der Waals surface area contributed by atoms with Crippen LogP contribution >= 0.6 is 0 Å². The second kappa shape index (κ2) is 12.1. The molecule has 6 rings (SSSR count). The summed E-state index contributed by atoms with van der Waals surface area (Å²) in [6.45, 7) is 0. The number of methoxy groups -OCH3 is 4. The molecule has 0 aliphatic carbocycles. The van der Waals surface area contributed by atoms with Crippen LogP contribution in [0.1, 0.15) is 0 Å². The largest absolute Gasteiger partial charge is 0.497 e. The number of fused-ring (bicyclic) bond motifs is 1. The van der Waals surface area contributed by atoms with E-state index in [1.807, 2.05) is 42.5 Å². The van der Waals surface area contributed by atoms with Crippen LogP contribution in [0.3, 0.4) is 0 Å². The Balaban J connectivity index is 1.57. The molecule has 0 atom stereocenters. The molecule has 0 spiro atoms. The second-order valence-corrected chi connectivity index (χ2v) is 10.2. The maximum absolute atomic E-state index is 13.8. The van der Waals surface area contributed by atoms with Gasteiger partial charge >= 0.3 is 0 Å². The van der Waals surface area contributed by atoms with Crippen molar-refractivity contribution in [1.29, 1.82) is 0 Å². The fourth-order valence-electron chi connectivity index (χ4n) is 5.37. The first-order chi connectivity index (χ1) is 21.4. The fraction of sp³-hybridized carbons (Fsp3) is 0.108. The molecule has 0 saturated heterocycles. The van der Waals surface area contributed by atoms with Crippen molar-refractivity contribution >= 4 is 10.9 Å². The molecule has 0 fully saturated rings. The Labute approximate surface area is 254 Å². The molecule has 1 heterocycles. The van der Waals surface area contributed by atoms with Gasteiger partial charge in [-0.2, -0.15) is 0 Å². The van der Waals surface area contributed by atoms with Crippen molar-refractivity contribution in [3.8, 4) is 67.5 Å². The number of hydrogen-bond donors (Lipinski definition) is 0. The normalized spacial score (nSPS) is 11.0. The van der Waals surface area contributed by atoms with Crippen LogP contribution in [0.4, 0.5) is 8.78 Å². The predicted molar refractivity (Wildman–Crippen MR) is 170 cm³/mol. The molecule has 0 amide bonds. The maximum atomic E-state index is 13.8. The molecule has 6 aromatic rings. The Bertz CT molecular complexity index is 1910. The highest BCUT2D eigenvalue weighted by atomic mass is 19.1. The molecule has 0 N–H and O–H groups in total. The lowest BCUT2D eigenvalue weighted by molar-refractivity contribution is 0.356. The molecule has 1 aromatic heterocycles. The van der Waals surface area contributed by atoms with E-state index >= 15 is 0 Å². The van der Waals surface area contributed by atoms with E-state index in [1.165, 1.54) is 24.3 Å². The molecule has 0 bridgehead atoms. The second-order valence-electron chi connectivity index (χ2n) is 10.2. The topological polar surface area (TPSA) is 49.8 Å². The third-order valence-corrected chi connectivity index (χ3v) is 7.59. The average molecular weight is 590 g/mol. The summed E-state index contributed by atoms with van der Waals surface area (Å²) in [4.78, 5) is 4.71. The Hall–Kier alpha value is -5.43. The van der Waals surface area contributed by atoms with Gasteiger partial charge in [0.1, 0.15) is 28.7 Å². The average Bonchev–Trinajstić information content (AvgIpc) is 3.07. The van der Waals surface area contributed by atoms with Gasteiger partial charge in [0.2, 0.25) is 0 Å². The number of pyridine rings is 1. The molecule has 0 unspecified atom stereocenters. The van der Waals surface area contributed by atoms with Gasteiger partial charge in [0.15, 0.2) is 11.5 Å². The van der Waals surface area contributed by atoms with E-state index in [-0.39, 0.29) is 11.6 Å². The van der Waals surface area contributed by atoms with Crippen LogP contribution in [0.5, 0.6) is 23.0 Å². The third kappa shape index (κ3) is 5.52. The smallest absolute Gasteiger partial charge is 0.168 e. The van der Waals surface area contributed by atoms with Gasteiger partial charge in [-0.05, 0) is 100 Å².